The monoisotopic (exact) mass is 267 g/mol. The zero-order valence-corrected chi connectivity index (χ0v) is 9.82. The summed E-state index contributed by atoms with van der Waals surface area (Å²) in [6, 6.07) is 7.71. The van der Waals surface area contributed by atoms with E-state index >= 15 is 0 Å². The van der Waals surface area contributed by atoms with Crippen molar-refractivity contribution in [3.63, 3.8) is 0 Å². The van der Waals surface area contributed by atoms with Crippen LogP contribution in [0, 0.1) is 0 Å². The summed E-state index contributed by atoms with van der Waals surface area (Å²) in [5.74, 6) is 1.60. The average molecular weight is 268 g/mol. The molecule has 0 aliphatic rings. The number of halogens is 1. The number of ether oxygens (including phenoxy) is 1. The van der Waals surface area contributed by atoms with Gasteiger partial charge in [-0.05, 0) is 31.2 Å². The topological polar surface area (TPSA) is 35.3 Å². The van der Waals surface area contributed by atoms with Crippen LogP contribution in [0.15, 0.2) is 39.7 Å². The highest BCUT2D eigenvalue weighted by Crippen LogP contribution is 2.24. The van der Waals surface area contributed by atoms with E-state index in [1.165, 1.54) is 0 Å². The van der Waals surface area contributed by atoms with E-state index in [9.17, 15) is 0 Å². The second kappa shape index (κ2) is 4.49. The molecule has 0 N–H and O–H groups in total. The maximum atomic E-state index is 5.35. The lowest BCUT2D eigenvalue weighted by molar-refractivity contribution is 0.340. The van der Waals surface area contributed by atoms with Crippen LogP contribution in [-0.4, -0.2) is 11.6 Å². The van der Waals surface area contributed by atoms with Crippen LogP contribution in [0.2, 0.25) is 0 Å². The number of nitrogens with zero attached hydrogens (tertiary/aromatic N) is 1. The molecule has 1 heterocycles. The van der Waals surface area contributed by atoms with Gasteiger partial charge in [0.25, 0.3) is 4.80 Å². The van der Waals surface area contributed by atoms with Gasteiger partial charge in [-0.25, -0.2) is 4.98 Å². The lowest BCUT2D eigenvalue weighted by Crippen LogP contribution is -1.90. The lowest BCUT2D eigenvalue weighted by atomic mass is 10.2. The highest BCUT2D eigenvalue weighted by atomic mass is 79.9. The van der Waals surface area contributed by atoms with Crippen LogP contribution in [0.25, 0.3) is 11.3 Å². The van der Waals surface area contributed by atoms with Crippen LogP contribution in [-0.2, 0) is 0 Å². The van der Waals surface area contributed by atoms with E-state index in [1.54, 1.807) is 6.20 Å². The second-order valence-corrected chi connectivity index (χ2v) is 3.61. The third-order valence-electron chi connectivity index (χ3n) is 1.93. The molecule has 2 rings (SSSR count). The molecule has 0 saturated carbocycles. The van der Waals surface area contributed by atoms with Crippen molar-refractivity contribution in [1.82, 2.24) is 4.98 Å². The maximum Gasteiger partial charge on any atom is 0.264 e. The first-order valence-electron chi connectivity index (χ1n) is 4.64. The van der Waals surface area contributed by atoms with Gasteiger partial charge >= 0.3 is 0 Å². The molecular formula is C11H10BrNO2. The maximum absolute atomic E-state index is 5.35. The molecule has 0 fully saturated rings. The van der Waals surface area contributed by atoms with Crippen molar-refractivity contribution in [2.45, 2.75) is 6.92 Å². The van der Waals surface area contributed by atoms with Crippen molar-refractivity contribution < 1.29 is 9.15 Å². The largest absolute Gasteiger partial charge is 0.494 e. The van der Waals surface area contributed by atoms with Gasteiger partial charge in [0.05, 0.1) is 12.8 Å². The molecule has 0 aliphatic carbocycles. The Balaban J connectivity index is 2.23. The predicted molar refractivity (Wildman–Crippen MR) is 60.8 cm³/mol. The third kappa shape index (κ3) is 2.39. The van der Waals surface area contributed by atoms with E-state index in [2.05, 4.69) is 20.9 Å². The molecule has 15 heavy (non-hydrogen) atoms. The van der Waals surface area contributed by atoms with Crippen LogP contribution in [0.5, 0.6) is 5.75 Å². The smallest absolute Gasteiger partial charge is 0.264 e. The van der Waals surface area contributed by atoms with E-state index in [0.717, 1.165) is 17.1 Å². The summed E-state index contributed by atoms with van der Waals surface area (Å²) in [4.78, 5) is 4.46. The van der Waals surface area contributed by atoms with Gasteiger partial charge in [0.2, 0.25) is 0 Å². The van der Waals surface area contributed by atoms with Crippen molar-refractivity contribution in [1.29, 1.82) is 0 Å². The number of hydrogen-bond acceptors (Lipinski definition) is 3. The van der Waals surface area contributed by atoms with E-state index in [-0.39, 0.29) is 0 Å². The normalized spacial score (nSPS) is 10.3. The summed E-state index contributed by atoms with van der Waals surface area (Å²) in [6.07, 6.45) is 1.68. The summed E-state index contributed by atoms with van der Waals surface area (Å²) in [6.45, 7) is 2.63. The van der Waals surface area contributed by atoms with Crippen LogP contribution in [0.1, 0.15) is 6.92 Å². The molecule has 0 unspecified atom stereocenters. The molecular weight excluding hydrogens is 258 g/mol. The quantitative estimate of drug-likeness (QED) is 0.854. The second-order valence-electron chi connectivity index (χ2n) is 2.93. The first-order chi connectivity index (χ1) is 7.29. The van der Waals surface area contributed by atoms with Gasteiger partial charge in [-0.2, -0.15) is 0 Å². The Morgan fingerprint density at radius 1 is 1.33 bits per heavy atom. The number of benzene rings is 1. The minimum absolute atomic E-state index is 0.492. The molecule has 0 bridgehead atoms. The lowest BCUT2D eigenvalue weighted by Gasteiger charge is -2.02. The Kier molecular flexibility index (Phi) is 3.06. The summed E-state index contributed by atoms with van der Waals surface area (Å²) in [7, 11) is 0. The van der Waals surface area contributed by atoms with Gasteiger partial charge in [0.15, 0.2) is 5.76 Å². The minimum atomic E-state index is 0.492. The number of oxazole rings is 1. The standard InChI is InChI=1S/C11H10BrNO2/c1-2-14-9-5-3-8(4-6-9)10-7-13-11(12)15-10/h3-7H,2H2,1H3. The van der Waals surface area contributed by atoms with E-state index in [4.69, 9.17) is 9.15 Å². The molecule has 2 aromatic rings. The van der Waals surface area contributed by atoms with Crippen LogP contribution >= 0.6 is 15.9 Å². The van der Waals surface area contributed by atoms with Gasteiger partial charge in [-0.15, -0.1) is 0 Å². The molecule has 0 saturated heterocycles. The highest BCUT2D eigenvalue weighted by molar-refractivity contribution is 9.10. The molecule has 0 radical (unpaired) electrons. The van der Waals surface area contributed by atoms with E-state index in [0.29, 0.717) is 11.4 Å². The molecule has 1 aromatic heterocycles. The summed E-state index contributed by atoms with van der Waals surface area (Å²) in [5, 5.41) is 0. The number of hydrogen-bond donors (Lipinski definition) is 0. The summed E-state index contributed by atoms with van der Waals surface area (Å²) >= 11 is 3.17. The van der Waals surface area contributed by atoms with Crippen molar-refractivity contribution in [3.8, 4) is 17.1 Å². The summed E-state index contributed by atoms with van der Waals surface area (Å²) < 4.78 is 10.7. The first-order valence-corrected chi connectivity index (χ1v) is 5.43. The zero-order chi connectivity index (χ0) is 10.7. The van der Waals surface area contributed by atoms with Crippen molar-refractivity contribution >= 4 is 15.9 Å². The van der Waals surface area contributed by atoms with Gasteiger partial charge < -0.3 is 9.15 Å². The molecule has 1 aromatic carbocycles. The van der Waals surface area contributed by atoms with Gasteiger partial charge in [-0.3, -0.25) is 0 Å². The molecule has 78 valence electrons. The first kappa shape index (κ1) is 10.2. The fraction of sp³-hybridized carbons (Fsp3) is 0.182. The van der Waals surface area contributed by atoms with Crippen LogP contribution in [0.4, 0.5) is 0 Å². The molecule has 3 nitrogen and oxygen atoms in total. The molecule has 0 aliphatic heterocycles. The Morgan fingerprint density at radius 3 is 2.60 bits per heavy atom. The number of aromatic nitrogens is 1. The van der Waals surface area contributed by atoms with Crippen molar-refractivity contribution in [3.05, 3.63) is 35.3 Å². The number of rotatable bonds is 3. The molecule has 0 atom stereocenters. The fourth-order valence-corrected chi connectivity index (χ4v) is 1.55. The molecule has 0 amide bonds. The Morgan fingerprint density at radius 2 is 2.07 bits per heavy atom. The summed E-state index contributed by atoms with van der Waals surface area (Å²) in [5.41, 5.74) is 0.983. The average Bonchev–Trinajstić information content (AvgIpc) is 2.67. The fourth-order valence-electron chi connectivity index (χ4n) is 1.27. The van der Waals surface area contributed by atoms with E-state index < -0.39 is 0 Å². The third-order valence-corrected chi connectivity index (χ3v) is 2.29. The SMILES string of the molecule is CCOc1ccc(-c2cnc(Br)o2)cc1. The van der Waals surface area contributed by atoms with Crippen molar-refractivity contribution in [2.75, 3.05) is 6.61 Å². The van der Waals surface area contributed by atoms with Crippen LogP contribution < -0.4 is 4.74 Å². The highest BCUT2D eigenvalue weighted by Gasteiger charge is 2.03. The van der Waals surface area contributed by atoms with E-state index in [1.807, 2.05) is 31.2 Å². The van der Waals surface area contributed by atoms with Gasteiger partial charge in [0.1, 0.15) is 5.75 Å². The van der Waals surface area contributed by atoms with Gasteiger partial charge in [0, 0.05) is 21.5 Å². The Bertz CT molecular complexity index is 436. The Hall–Kier alpha value is -1.29. The molecule has 0 spiro atoms. The van der Waals surface area contributed by atoms with Crippen molar-refractivity contribution in [2.24, 2.45) is 0 Å². The molecule has 4 heteroatoms. The minimum Gasteiger partial charge on any atom is -0.494 e. The zero-order valence-electron chi connectivity index (χ0n) is 8.24. The van der Waals surface area contributed by atoms with Gasteiger partial charge in [-0.1, -0.05) is 0 Å². The predicted octanol–water partition coefficient (Wildman–Crippen LogP) is 3.50. The Labute approximate surface area is 96.2 Å². The van der Waals surface area contributed by atoms with Crippen LogP contribution in [0.3, 0.4) is 0 Å².